The van der Waals surface area contributed by atoms with Gasteiger partial charge in [-0.25, -0.2) is 4.79 Å². The Hall–Kier alpha value is -3.36. The molecule has 0 aliphatic carbocycles. The van der Waals surface area contributed by atoms with Crippen molar-refractivity contribution >= 4 is 17.6 Å². The number of methoxy groups -OCH3 is 1. The maximum Gasteiger partial charge on any atom is 0.387 e. The molecule has 27 heavy (non-hydrogen) atoms. The SMILES string of the molecule is COc1ccc(NCC(=O)NC(=O)NCc2ccccc2)cc1OC(F)F. The molecule has 0 saturated carbocycles. The first kappa shape index (κ1) is 20.0. The Labute approximate surface area is 154 Å². The van der Waals surface area contributed by atoms with E-state index in [1.165, 1.54) is 25.3 Å². The third-order valence-electron chi connectivity index (χ3n) is 3.38. The van der Waals surface area contributed by atoms with Crippen molar-refractivity contribution in [2.45, 2.75) is 13.2 Å². The Balaban J connectivity index is 1.81. The molecule has 2 aromatic rings. The Morgan fingerprint density at radius 1 is 1.07 bits per heavy atom. The molecule has 0 aliphatic rings. The van der Waals surface area contributed by atoms with Crippen LogP contribution < -0.4 is 25.4 Å². The number of urea groups is 1. The summed E-state index contributed by atoms with van der Waals surface area (Å²) in [5, 5.41) is 7.43. The van der Waals surface area contributed by atoms with Crippen LogP contribution in [0.25, 0.3) is 0 Å². The highest BCUT2D eigenvalue weighted by molar-refractivity contribution is 5.96. The molecule has 9 heteroatoms. The molecular formula is C18H19F2N3O4. The maximum absolute atomic E-state index is 12.4. The van der Waals surface area contributed by atoms with Gasteiger partial charge in [0.15, 0.2) is 11.5 Å². The summed E-state index contributed by atoms with van der Waals surface area (Å²) < 4.78 is 34.1. The zero-order valence-electron chi connectivity index (χ0n) is 14.5. The average molecular weight is 379 g/mol. The van der Waals surface area contributed by atoms with Crippen LogP contribution in [0.4, 0.5) is 19.3 Å². The topological polar surface area (TPSA) is 88.7 Å². The molecule has 0 bridgehead atoms. The molecule has 0 unspecified atom stereocenters. The Morgan fingerprint density at radius 2 is 1.81 bits per heavy atom. The standard InChI is InChI=1S/C18H19F2N3O4/c1-26-14-8-7-13(9-15(14)27-17(19)20)21-11-16(24)23-18(25)22-10-12-5-3-2-4-6-12/h2-9,17,21H,10-11H2,1H3,(H2,22,23,24,25). The van der Waals surface area contributed by atoms with Crippen molar-refractivity contribution in [3.05, 3.63) is 54.1 Å². The van der Waals surface area contributed by atoms with E-state index in [2.05, 4.69) is 20.7 Å². The largest absolute Gasteiger partial charge is 0.493 e. The van der Waals surface area contributed by atoms with Crippen molar-refractivity contribution < 1.29 is 27.8 Å². The molecule has 144 valence electrons. The summed E-state index contributed by atoms with van der Waals surface area (Å²) in [6, 6.07) is 12.8. The van der Waals surface area contributed by atoms with Gasteiger partial charge in [0, 0.05) is 18.3 Å². The molecule has 7 nitrogen and oxygen atoms in total. The van der Waals surface area contributed by atoms with Crippen molar-refractivity contribution in [2.75, 3.05) is 19.0 Å². The number of carbonyl (C=O) groups excluding carboxylic acids is 2. The Kier molecular flexibility index (Phi) is 7.36. The van der Waals surface area contributed by atoms with Gasteiger partial charge in [0.2, 0.25) is 5.91 Å². The van der Waals surface area contributed by atoms with Crippen molar-refractivity contribution in [1.29, 1.82) is 0 Å². The number of nitrogens with one attached hydrogen (secondary N) is 3. The summed E-state index contributed by atoms with van der Waals surface area (Å²) in [4.78, 5) is 23.5. The van der Waals surface area contributed by atoms with Crippen LogP contribution in [0.3, 0.4) is 0 Å². The highest BCUT2D eigenvalue weighted by Gasteiger charge is 2.12. The minimum atomic E-state index is -3.01. The van der Waals surface area contributed by atoms with Gasteiger partial charge in [-0.05, 0) is 17.7 Å². The van der Waals surface area contributed by atoms with E-state index in [0.717, 1.165) is 5.56 Å². The molecule has 2 rings (SSSR count). The number of alkyl halides is 2. The molecule has 0 aliphatic heterocycles. The number of benzene rings is 2. The summed E-state index contributed by atoms with van der Waals surface area (Å²) >= 11 is 0. The predicted molar refractivity (Wildman–Crippen MR) is 94.9 cm³/mol. The summed E-state index contributed by atoms with van der Waals surface area (Å²) in [6.45, 7) is -2.97. The van der Waals surface area contributed by atoms with E-state index in [9.17, 15) is 18.4 Å². The minimum Gasteiger partial charge on any atom is -0.493 e. The van der Waals surface area contributed by atoms with Crippen molar-refractivity contribution in [3.63, 3.8) is 0 Å². The van der Waals surface area contributed by atoms with Crippen LogP contribution in [0, 0.1) is 0 Å². The van der Waals surface area contributed by atoms with Crippen LogP contribution in [0.5, 0.6) is 11.5 Å². The monoisotopic (exact) mass is 379 g/mol. The number of carbonyl (C=O) groups is 2. The van der Waals surface area contributed by atoms with Crippen LogP contribution in [0.1, 0.15) is 5.56 Å². The maximum atomic E-state index is 12.4. The lowest BCUT2D eigenvalue weighted by molar-refractivity contribution is -0.118. The Bertz CT molecular complexity index is 772. The second kappa shape index (κ2) is 9.95. The van der Waals surface area contributed by atoms with Gasteiger partial charge >= 0.3 is 12.6 Å². The predicted octanol–water partition coefficient (Wildman–Crippen LogP) is 2.73. The van der Waals surface area contributed by atoms with Crippen molar-refractivity contribution in [1.82, 2.24) is 10.6 Å². The van der Waals surface area contributed by atoms with Gasteiger partial charge in [-0.15, -0.1) is 0 Å². The number of imide groups is 1. The van der Waals surface area contributed by atoms with E-state index < -0.39 is 18.5 Å². The molecule has 0 atom stereocenters. The van der Waals surface area contributed by atoms with Crippen molar-refractivity contribution in [3.8, 4) is 11.5 Å². The number of amides is 3. The molecule has 0 aromatic heterocycles. The number of halogens is 2. The highest BCUT2D eigenvalue weighted by Crippen LogP contribution is 2.31. The van der Waals surface area contributed by atoms with E-state index >= 15 is 0 Å². The van der Waals surface area contributed by atoms with E-state index in [-0.39, 0.29) is 24.6 Å². The molecule has 0 heterocycles. The normalized spacial score (nSPS) is 10.2. The summed E-state index contributed by atoms with van der Waals surface area (Å²) in [6.07, 6.45) is 0. The fourth-order valence-corrected chi connectivity index (χ4v) is 2.15. The van der Waals surface area contributed by atoms with Crippen LogP contribution >= 0.6 is 0 Å². The van der Waals surface area contributed by atoms with E-state index in [1.807, 2.05) is 30.3 Å². The van der Waals surface area contributed by atoms with Crippen LogP contribution in [0.2, 0.25) is 0 Å². The number of hydrogen-bond acceptors (Lipinski definition) is 5. The van der Waals surface area contributed by atoms with E-state index in [1.54, 1.807) is 0 Å². The van der Waals surface area contributed by atoms with E-state index in [4.69, 9.17) is 4.74 Å². The number of ether oxygens (including phenoxy) is 2. The number of hydrogen-bond donors (Lipinski definition) is 3. The van der Waals surface area contributed by atoms with Crippen LogP contribution in [-0.4, -0.2) is 32.2 Å². The first-order valence-electron chi connectivity index (χ1n) is 7.96. The lowest BCUT2D eigenvalue weighted by atomic mass is 10.2. The summed E-state index contributed by atoms with van der Waals surface area (Å²) in [5.41, 5.74) is 1.24. The minimum absolute atomic E-state index is 0.130. The van der Waals surface area contributed by atoms with Crippen molar-refractivity contribution in [2.24, 2.45) is 0 Å². The summed E-state index contributed by atoms with van der Waals surface area (Å²) in [7, 11) is 1.32. The van der Waals surface area contributed by atoms with E-state index in [0.29, 0.717) is 5.69 Å². The molecule has 2 aromatic carbocycles. The zero-order chi connectivity index (χ0) is 19.6. The smallest absolute Gasteiger partial charge is 0.387 e. The average Bonchev–Trinajstić information content (AvgIpc) is 2.65. The first-order chi connectivity index (χ1) is 13.0. The van der Waals surface area contributed by atoms with Crippen LogP contribution in [-0.2, 0) is 11.3 Å². The molecule has 0 spiro atoms. The molecule has 3 amide bonds. The van der Waals surface area contributed by atoms with Gasteiger partial charge in [0.25, 0.3) is 0 Å². The Morgan fingerprint density at radius 3 is 2.48 bits per heavy atom. The first-order valence-corrected chi connectivity index (χ1v) is 7.96. The third kappa shape index (κ3) is 6.81. The van der Waals surface area contributed by atoms with Gasteiger partial charge in [-0.3, -0.25) is 10.1 Å². The lowest BCUT2D eigenvalue weighted by Crippen LogP contribution is -2.41. The molecule has 0 radical (unpaired) electrons. The number of rotatable bonds is 8. The molecule has 0 saturated heterocycles. The fourth-order valence-electron chi connectivity index (χ4n) is 2.15. The van der Waals surface area contributed by atoms with Gasteiger partial charge < -0.3 is 20.1 Å². The number of anilines is 1. The third-order valence-corrected chi connectivity index (χ3v) is 3.38. The lowest BCUT2D eigenvalue weighted by Gasteiger charge is -2.13. The molecule has 0 fully saturated rings. The molecule has 3 N–H and O–H groups in total. The van der Waals surface area contributed by atoms with Gasteiger partial charge in [0.05, 0.1) is 13.7 Å². The summed E-state index contributed by atoms with van der Waals surface area (Å²) in [5.74, 6) is -0.628. The zero-order valence-corrected chi connectivity index (χ0v) is 14.5. The van der Waals surface area contributed by atoms with Gasteiger partial charge in [0.1, 0.15) is 0 Å². The van der Waals surface area contributed by atoms with Crippen LogP contribution in [0.15, 0.2) is 48.5 Å². The molecular weight excluding hydrogens is 360 g/mol. The fraction of sp³-hybridized carbons (Fsp3) is 0.222. The quantitative estimate of drug-likeness (QED) is 0.656. The van der Waals surface area contributed by atoms with Gasteiger partial charge in [-0.2, -0.15) is 8.78 Å². The van der Waals surface area contributed by atoms with Gasteiger partial charge in [-0.1, -0.05) is 30.3 Å². The second-order valence-electron chi connectivity index (χ2n) is 5.31. The second-order valence-corrected chi connectivity index (χ2v) is 5.31. The highest BCUT2D eigenvalue weighted by atomic mass is 19.3.